The molecule has 3 aromatic carbocycles. The first-order valence-electron chi connectivity index (χ1n) is 10.1. The van der Waals surface area contributed by atoms with Gasteiger partial charge in [0.1, 0.15) is 5.75 Å². The summed E-state index contributed by atoms with van der Waals surface area (Å²) >= 11 is 12.0. The summed E-state index contributed by atoms with van der Waals surface area (Å²) in [5, 5.41) is 13.3. The second-order valence-electron chi connectivity index (χ2n) is 7.58. The number of non-ortho nitro benzene ring substituents is 1. The largest absolute Gasteiger partial charge is 0.432 e. The molecule has 1 atom stereocenters. The summed E-state index contributed by atoms with van der Waals surface area (Å²) in [5.41, 5.74) is 4.07. The standard InChI is InChI=1S/C24H18ClN3O3S/c25-16-8-11-21-20(14-16)19-12-13-27(24(32)31-18-4-2-1-3-5-18)23(22(19)26-21)15-6-9-17(10-7-15)28(29)30/h1-11,14,23,26H,12-13H2. The van der Waals surface area contributed by atoms with E-state index in [1.165, 1.54) is 17.7 Å². The molecular weight excluding hydrogens is 446 g/mol. The van der Waals surface area contributed by atoms with Crippen LogP contribution in [0.1, 0.15) is 22.9 Å². The van der Waals surface area contributed by atoms with E-state index in [9.17, 15) is 10.1 Å². The number of halogens is 1. The number of nitro benzene ring substituents is 1. The van der Waals surface area contributed by atoms with Crippen molar-refractivity contribution in [3.8, 4) is 5.75 Å². The highest BCUT2D eigenvalue weighted by molar-refractivity contribution is 7.80. The lowest BCUT2D eigenvalue weighted by atomic mass is 9.92. The van der Waals surface area contributed by atoms with Crippen LogP contribution in [-0.4, -0.2) is 26.5 Å². The van der Waals surface area contributed by atoms with Crippen LogP contribution in [0.3, 0.4) is 0 Å². The lowest BCUT2D eigenvalue weighted by molar-refractivity contribution is -0.384. The monoisotopic (exact) mass is 463 g/mol. The molecule has 5 rings (SSSR count). The van der Waals surface area contributed by atoms with Crippen molar-refractivity contribution < 1.29 is 9.66 Å². The Hall–Kier alpha value is -3.42. The molecule has 0 aliphatic carbocycles. The number of benzene rings is 3. The van der Waals surface area contributed by atoms with E-state index in [0.717, 1.165) is 28.6 Å². The smallest absolute Gasteiger partial charge is 0.269 e. The van der Waals surface area contributed by atoms with Gasteiger partial charge in [-0.3, -0.25) is 10.1 Å². The summed E-state index contributed by atoms with van der Waals surface area (Å²) in [6.07, 6.45) is 0.761. The van der Waals surface area contributed by atoms with Crippen molar-refractivity contribution in [1.29, 1.82) is 0 Å². The third-order valence-electron chi connectivity index (χ3n) is 5.69. The van der Waals surface area contributed by atoms with Crippen LogP contribution in [0, 0.1) is 10.1 Å². The van der Waals surface area contributed by atoms with Crippen LogP contribution in [0.4, 0.5) is 5.69 Å². The van der Waals surface area contributed by atoms with Gasteiger partial charge in [-0.1, -0.05) is 29.8 Å². The Balaban J connectivity index is 1.60. The molecule has 1 aliphatic heterocycles. The minimum atomic E-state index is -0.401. The number of ether oxygens (including phenoxy) is 1. The number of rotatable bonds is 3. The Labute approximate surface area is 194 Å². The Morgan fingerprint density at radius 2 is 1.88 bits per heavy atom. The second-order valence-corrected chi connectivity index (χ2v) is 8.37. The number of fused-ring (bicyclic) bond motifs is 3. The van der Waals surface area contributed by atoms with Crippen LogP contribution in [0.25, 0.3) is 10.9 Å². The zero-order valence-corrected chi connectivity index (χ0v) is 18.4. The maximum Gasteiger partial charge on any atom is 0.269 e. The van der Waals surface area contributed by atoms with Gasteiger partial charge in [-0.05, 0) is 72.2 Å². The Bertz CT molecular complexity index is 1320. The van der Waals surface area contributed by atoms with E-state index in [0.29, 0.717) is 22.5 Å². The number of hydrogen-bond donors (Lipinski definition) is 1. The van der Waals surface area contributed by atoms with Gasteiger partial charge in [0.25, 0.3) is 10.9 Å². The molecular formula is C24H18ClN3O3S. The van der Waals surface area contributed by atoms with Gasteiger partial charge in [0.2, 0.25) is 0 Å². The van der Waals surface area contributed by atoms with E-state index in [4.69, 9.17) is 28.6 Å². The molecule has 0 radical (unpaired) electrons. The highest BCUT2D eigenvalue weighted by Gasteiger charge is 2.34. The summed E-state index contributed by atoms with van der Waals surface area (Å²) in [5.74, 6) is 0.661. The minimum absolute atomic E-state index is 0.0443. The molecule has 1 N–H and O–H groups in total. The highest BCUT2D eigenvalue weighted by Crippen LogP contribution is 2.40. The van der Waals surface area contributed by atoms with E-state index >= 15 is 0 Å². The number of para-hydroxylation sites is 1. The molecule has 1 aliphatic rings. The van der Waals surface area contributed by atoms with Gasteiger partial charge < -0.3 is 14.6 Å². The van der Waals surface area contributed by atoms with Gasteiger partial charge in [-0.2, -0.15) is 0 Å². The van der Waals surface area contributed by atoms with Gasteiger partial charge in [0.05, 0.1) is 11.0 Å². The molecule has 8 heteroatoms. The third-order valence-corrected chi connectivity index (χ3v) is 6.24. The fourth-order valence-corrected chi connectivity index (χ4v) is 4.70. The summed E-state index contributed by atoms with van der Waals surface area (Å²) in [4.78, 5) is 16.3. The first-order valence-corrected chi connectivity index (χ1v) is 10.9. The fraction of sp³-hybridized carbons (Fsp3) is 0.125. The molecule has 0 saturated carbocycles. The van der Waals surface area contributed by atoms with E-state index in [1.807, 2.05) is 53.4 Å². The first-order chi connectivity index (χ1) is 15.5. The van der Waals surface area contributed by atoms with Gasteiger partial charge >= 0.3 is 0 Å². The maximum absolute atomic E-state index is 11.1. The quantitative estimate of drug-likeness (QED) is 0.228. The average molecular weight is 464 g/mol. The summed E-state index contributed by atoms with van der Waals surface area (Å²) in [7, 11) is 0. The van der Waals surface area contributed by atoms with Crippen molar-refractivity contribution in [3.05, 3.63) is 105 Å². The Morgan fingerprint density at radius 1 is 1.12 bits per heavy atom. The maximum atomic E-state index is 11.1. The molecule has 0 spiro atoms. The molecule has 6 nitrogen and oxygen atoms in total. The molecule has 1 aromatic heterocycles. The number of thiocarbonyl (C=S) groups is 1. The second kappa shape index (κ2) is 8.26. The van der Waals surface area contributed by atoms with Crippen LogP contribution in [0.2, 0.25) is 5.02 Å². The first kappa shape index (κ1) is 20.5. The third kappa shape index (κ3) is 3.70. The van der Waals surface area contributed by atoms with E-state index in [2.05, 4.69) is 4.98 Å². The van der Waals surface area contributed by atoms with Gasteiger partial charge in [0.15, 0.2) is 0 Å². The predicted molar refractivity (Wildman–Crippen MR) is 128 cm³/mol. The number of hydrogen-bond acceptors (Lipinski definition) is 4. The van der Waals surface area contributed by atoms with Gasteiger partial charge in [0, 0.05) is 40.3 Å². The van der Waals surface area contributed by atoms with E-state index in [-0.39, 0.29) is 11.7 Å². The van der Waals surface area contributed by atoms with Crippen LogP contribution < -0.4 is 4.74 Å². The molecule has 1 unspecified atom stereocenters. The number of aromatic nitrogens is 1. The number of H-pyrrole nitrogens is 1. The van der Waals surface area contributed by atoms with Crippen LogP contribution in [0.15, 0.2) is 72.8 Å². The van der Waals surface area contributed by atoms with Crippen molar-refractivity contribution >= 4 is 45.6 Å². The zero-order valence-electron chi connectivity index (χ0n) is 16.8. The molecule has 32 heavy (non-hydrogen) atoms. The number of nitrogens with zero attached hydrogens (tertiary/aromatic N) is 2. The topological polar surface area (TPSA) is 71.4 Å². The van der Waals surface area contributed by atoms with Crippen molar-refractivity contribution in [2.45, 2.75) is 12.5 Å². The van der Waals surface area contributed by atoms with Crippen molar-refractivity contribution in [2.24, 2.45) is 0 Å². The predicted octanol–water partition coefficient (Wildman–Crippen LogP) is 6.04. The van der Waals surface area contributed by atoms with Crippen molar-refractivity contribution in [2.75, 3.05) is 6.54 Å². The molecule has 2 heterocycles. The fourth-order valence-electron chi connectivity index (χ4n) is 4.23. The average Bonchev–Trinajstić information content (AvgIpc) is 3.17. The highest BCUT2D eigenvalue weighted by atomic mass is 35.5. The molecule has 0 amide bonds. The summed E-state index contributed by atoms with van der Waals surface area (Å²) < 4.78 is 5.99. The normalized spacial score (nSPS) is 15.4. The number of nitro groups is 1. The van der Waals surface area contributed by atoms with Crippen molar-refractivity contribution in [1.82, 2.24) is 9.88 Å². The van der Waals surface area contributed by atoms with Crippen molar-refractivity contribution in [3.63, 3.8) is 0 Å². The molecule has 4 aromatic rings. The molecule has 0 bridgehead atoms. The van der Waals surface area contributed by atoms with Gasteiger partial charge in [-0.15, -0.1) is 0 Å². The van der Waals surface area contributed by atoms with Crippen LogP contribution in [-0.2, 0) is 6.42 Å². The molecule has 0 saturated heterocycles. The Morgan fingerprint density at radius 3 is 2.59 bits per heavy atom. The number of nitrogens with one attached hydrogen (secondary N) is 1. The zero-order chi connectivity index (χ0) is 22.2. The summed E-state index contributed by atoms with van der Waals surface area (Å²) in [6, 6.07) is 21.5. The summed E-state index contributed by atoms with van der Waals surface area (Å²) in [6.45, 7) is 0.639. The van der Waals surface area contributed by atoms with Crippen LogP contribution >= 0.6 is 23.8 Å². The SMILES string of the molecule is O=[N+]([O-])c1ccc(C2c3[nH]c4ccc(Cl)cc4c3CCN2C(=S)Oc2ccccc2)cc1. The number of aromatic amines is 1. The molecule has 0 fully saturated rings. The lowest BCUT2D eigenvalue weighted by Gasteiger charge is -2.37. The van der Waals surface area contributed by atoms with E-state index < -0.39 is 4.92 Å². The molecule has 160 valence electrons. The van der Waals surface area contributed by atoms with Gasteiger partial charge in [-0.25, -0.2) is 0 Å². The minimum Gasteiger partial charge on any atom is -0.432 e. The Kier molecular flexibility index (Phi) is 5.28. The van der Waals surface area contributed by atoms with Crippen LogP contribution in [0.5, 0.6) is 5.75 Å². The van der Waals surface area contributed by atoms with E-state index in [1.54, 1.807) is 12.1 Å². The lowest BCUT2D eigenvalue weighted by Crippen LogP contribution is -2.42.